The number of benzene rings is 2. The van der Waals surface area contributed by atoms with Crippen LogP contribution in [0.3, 0.4) is 0 Å². The van der Waals surface area contributed by atoms with Gasteiger partial charge in [-0.2, -0.15) is 4.98 Å². The molecule has 3 aliphatic rings. The molecule has 2 aromatic carbocycles. The standard InChI is InChI=1S/C28H36N8O4S2/c1-19-18-29-28(31-20-3-5-24(6-4-20)36-13-11-35(2)12-14-36)32-27(19)30-21-15-22(33-41(37,38)25-7-8-25)17-23(16-21)34-42(39,40)26-9-10-26/h3-6,15-18,25-26,33-34H,7-14H2,1-2H3,(H2,29,30,31,32). The van der Waals surface area contributed by atoms with E-state index in [-0.39, 0.29) is 11.4 Å². The van der Waals surface area contributed by atoms with Crippen molar-refractivity contribution in [2.45, 2.75) is 43.1 Å². The molecule has 6 rings (SSSR count). The Labute approximate surface area is 247 Å². The summed E-state index contributed by atoms with van der Waals surface area (Å²) in [5.41, 5.74) is 3.79. The zero-order chi connectivity index (χ0) is 29.5. The lowest BCUT2D eigenvalue weighted by Crippen LogP contribution is -2.44. The molecule has 0 unspecified atom stereocenters. The molecule has 0 radical (unpaired) electrons. The molecule has 0 amide bonds. The number of nitrogens with one attached hydrogen (secondary N) is 4. The Morgan fingerprint density at radius 2 is 1.29 bits per heavy atom. The van der Waals surface area contributed by atoms with Gasteiger partial charge in [-0.05, 0) is 82.1 Å². The minimum absolute atomic E-state index is 0.269. The van der Waals surface area contributed by atoms with E-state index in [1.807, 2.05) is 19.1 Å². The fraction of sp³-hybridized carbons (Fsp3) is 0.429. The molecule has 1 aliphatic heterocycles. The minimum Gasteiger partial charge on any atom is -0.369 e. The third kappa shape index (κ3) is 6.88. The first-order valence-corrected chi connectivity index (χ1v) is 17.2. The largest absolute Gasteiger partial charge is 0.369 e. The van der Waals surface area contributed by atoms with Gasteiger partial charge in [0, 0.05) is 55.0 Å². The Morgan fingerprint density at radius 1 is 0.738 bits per heavy atom. The van der Waals surface area contributed by atoms with Gasteiger partial charge in [-0.15, -0.1) is 0 Å². The number of likely N-dealkylation sites (N-methyl/N-ethyl adjacent to an activating group) is 1. The van der Waals surface area contributed by atoms with Crippen molar-refractivity contribution in [2.24, 2.45) is 0 Å². The Hall–Kier alpha value is -3.62. The smallest absolute Gasteiger partial charge is 0.235 e. The summed E-state index contributed by atoms with van der Waals surface area (Å²) in [6.45, 7) is 5.92. The van der Waals surface area contributed by atoms with Crippen LogP contribution in [0.1, 0.15) is 31.2 Å². The van der Waals surface area contributed by atoms with E-state index in [9.17, 15) is 16.8 Å². The molecule has 224 valence electrons. The molecule has 2 saturated carbocycles. The zero-order valence-electron chi connectivity index (χ0n) is 23.7. The van der Waals surface area contributed by atoms with E-state index >= 15 is 0 Å². The fourth-order valence-electron chi connectivity index (χ4n) is 4.78. The highest BCUT2D eigenvalue weighted by molar-refractivity contribution is 7.93. The van der Waals surface area contributed by atoms with Crippen molar-refractivity contribution in [3.63, 3.8) is 0 Å². The van der Waals surface area contributed by atoms with Crippen LogP contribution >= 0.6 is 0 Å². The van der Waals surface area contributed by atoms with Gasteiger partial charge < -0.3 is 20.4 Å². The van der Waals surface area contributed by atoms with Crippen molar-refractivity contribution in [3.05, 3.63) is 54.2 Å². The molecule has 0 bridgehead atoms. The van der Waals surface area contributed by atoms with Crippen LogP contribution < -0.4 is 25.0 Å². The Bertz CT molecular complexity index is 1600. The summed E-state index contributed by atoms with van der Waals surface area (Å²) >= 11 is 0. The van der Waals surface area contributed by atoms with Crippen LogP contribution in [0.4, 0.5) is 40.2 Å². The molecular weight excluding hydrogens is 576 g/mol. The number of aryl methyl sites for hydroxylation is 1. The zero-order valence-corrected chi connectivity index (χ0v) is 25.3. The molecule has 0 atom stereocenters. The van der Waals surface area contributed by atoms with Gasteiger partial charge in [-0.1, -0.05) is 0 Å². The van der Waals surface area contributed by atoms with E-state index in [0.717, 1.165) is 37.4 Å². The predicted octanol–water partition coefficient (Wildman–Crippen LogP) is 3.83. The Kier molecular flexibility index (Phi) is 7.62. The average Bonchev–Trinajstić information content (AvgIpc) is 3.83. The van der Waals surface area contributed by atoms with Crippen molar-refractivity contribution < 1.29 is 16.8 Å². The molecule has 4 N–H and O–H groups in total. The second-order valence-corrected chi connectivity index (χ2v) is 15.2. The van der Waals surface area contributed by atoms with E-state index < -0.39 is 30.5 Å². The maximum Gasteiger partial charge on any atom is 0.235 e. The van der Waals surface area contributed by atoms with Gasteiger partial charge >= 0.3 is 0 Å². The summed E-state index contributed by atoms with van der Waals surface area (Å²) in [5.74, 6) is 0.885. The van der Waals surface area contributed by atoms with E-state index in [4.69, 9.17) is 0 Å². The topological polar surface area (TPSA) is 149 Å². The molecule has 1 saturated heterocycles. The summed E-state index contributed by atoms with van der Waals surface area (Å²) in [6, 6.07) is 12.9. The SMILES string of the molecule is Cc1cnc(Nc2ccc(N3CCN(C)CC3)cc2)nc1Nc1cc(NS(=O)(=O)C2CC2)cc(NS(=O)(=O)C2CC2)c1. The first-order chi connectivity index (χ1) is 20.0. The van der Waals surface area contributed by atoms with Crippen molar-refractivity contribution in [2.75, 3.05) is 58.2 Å². The average molecular weight is 613 g/mol. The molecule has 14 heteroatoms. The molecule has 3 fully saturated rings. The highest BCUT2D eigenvalue weighted by atomic mass is 32.2. The van der Waals surface area contributed by atoms with Crippen molar-refractivity contribution in [3.8, 4) is 0 Å². The Morgan fingerprint density at radius 3 is 1.83 bits per heavy atom. The van der Waals surface area contributed by atoms with Crippen LogP contribution in [0.2, 0.25) is 0 Å². The fourth-order valence-corrected chi connectivity index (χ4v) is 7.52. The van der Waals surface area contributed by atoms with E-state index in [1.54, 1.807) is 18.3 Å². The van der Waals surface area contributed by atoms with Crippen LogP contribution in [-0.2, 0) is 20.0 Å². The van der Waals surface area contributed by atoms with Crippen molar-refractivity contribution >= 4 is 60.2 Å². The lowest BCUT2D eigenvalue weighted by molar-refractivity contribution is 0.313. The third-order valence-electron chi connectivity index (χ3n) is 7.61. The van der Waals surface area contributed by atoms with Crippen LogP contribution in [0, 0.1) is 6.92 Å². The number of aromatic nitrogens is 2. The lowest BCUT2D eigenvalue weighted by atomic mass is 10.2. The minimum atomic E-state index is -3.55. The number of sulfonamides is 2. The number of nitrogens with zero attached hydrogens (tertiary/aromatic N) is 4. The van der Waals surface area contributed by atoms with Crippen molar-refractivity contribution in [1.29, 1.82) is 0 Å². The third-order valence-corrected chi connectivity index (χ3v) is 11.3. The van der Waals surface area contributed by atoms with E-state index in [1.165, 1.54) is 11.8 Å². The van der Waals surface area contributed by atoms with Gasteiger partial charge in [-0.25, -0.2) is 21.8 Å². The summed E-state index contributed by atoms with van der Waals surface area (Å²) < 4.78 is 55.8. The number of hydrogen-bond donors (Lipinski definition) is 4. The number of piperazine rings is 1. The highest BCUT2D eigenvalue weighted by Crippen LogP contribution is 2.34. The van der Waals surface area contributed by atoms with Crippen LogP contribution in [0.25, 0.3) is 0 Å². The van der Waals surface area contributed by atoms with Gasteiger partial charge in [0.1, 0.15) is 5.82 Å². The second-order valence-electron chi connectivity index (χ2n) is 11.3. The quantitative estimate of drug-likeness (QED) is 0.252. The van der Waals surface area contributed by atoms with Gasteiger partial charge in [0.15, 0.2) is 0 Å². The number of hydrogen-bond acceptors (Lipinski definition) is 10. The first kappa shape index (κ1) is 28.5. The molecule has 12 nitrogen and oxygen atoms in total. The number of rotatable bonds is 11. The summed E-state index contributed by atoms with van der Waals surface area (Å²) in [7, 11) is -4.97. The summed E-state index contributed by atoms with van der Waals surface area (Å²) in [4.78, 5) is 13.8. The van der Waals surface area contributed by atoms with Crippen LogP contribution in [-0.4, -0.2) is 75.4 Å². The summed E-state index contributed by atoms with van der Waals surface area (Å²) in [6.07, 6.45) is 4.14. The molecule has 1 aromatic heterocycles. The Balaban J connectivity index is 1.21. The predicted molar refractivity (Wildman–Crippen MR) is 167 cm³/mol. The van der Waals surface area contributed by atoms with E-state index in [2.05, 4.69) is 59.0 Å². The second kappa shape index (κ2) is 11.2. The lowest BCUT2D eigenvalue weighted by Gasteiger charge is -2.34. The number of anilines is 7. The highest BCUT2D eigenvalue weighted by Gasteiger charge is 2.37. The first-order valence-electron chi connectivity index (χ1n) is 14.1. The molecule has 2 aliphatic carbocycles. The van der Waals surface area contributed by atoms with Gasteiger partial charge in [-0.3, -0.25) is 9.44 Å². The van der Waals surface area contributed by atoms with E-state index in [0.29, 0.717) is 43.1 Å². The van der Waals surface area contributed by atoms with Crippen LogP contribution in [0.5, 0.6) is 0 Å². The van der Waals surface area contributed by atoms with Crippen LogP contribution in [0.15, 0.2) is 48.7 Å². The maximum absolute atomic E-state index is 12.6. The van der Waals surface area contributed by atoms with Crippen molar-refractivity contribution in [1.82, 2.24) is 14.9 Å². The molecular formula is C28H36N8O4S2. The molecule has 3 aromatic rings. The molecule has 42 heavy (non-hydrogen) atoms. The monoisotopic (exact) mass is 612 g/mol. The van der Waals surface area contributed by atoms with Gasteiger partial charge in [0.25, 0.3) is 0 Å². The van der Waals surface area contributed by atoms with Gasteiger partial charge in [0.05, 0.1) is 21.9 Å². The normalized spacial score (nSPS) is 18.0. The maximum atomic E-state index is 12.6. The molecule has 0 spiro atoms. The molecule has 2 heterocycles. The summed E-state index contributed by atoms with van der Waals surface area (Å²) in [5, 5.41) is 5.63. The van der Waals surface area contributed by atoms with Gasteiger partial charge in [0.2, 0.25) is 26.0 Å².